The number of aromatic nitrogens is 1. The number of nitrogens with one attached hydrogen (secondary N) is 1. The molecule has 0 saturated carbocycles. The van der Waals surface area contributed by atoms with Gasteiger partial charge in [0.2, 0.25) is 0 Å². The minimum Gasteiger partial charge on any atom is -0.392 e. The summed E-state index contributed by atoms with van der Waals surface area (Å²) < 4.78 is 1.74. The van der Waals surface area contributed by atoms with Gasteiger partial charge in [0.1, 0.15) is 0 Å². The average Bonchev–Trinajstić information content (AvgIpc) is 3.09. The summed E-state index contributed by atoms with van der Waals surface area (Å²) in [6, 6.07) is 21.1. The van der Waals surface area contributed by atoms with Crippen molar-refractivity contribution in [2.24, 2.45) is 0 Å². The normalized spacial score (nSPS) is 10.9. The maximum atomic E-state index is 12.5. The first-order chi connectivity index (χ1) is 13.1. The number of anilines is 1. The standard InChI is InChI=1S/C21H15BrN2O2S/c22-17-7-2-1-6-16(17)20(26)24-21-23-18-9-8-15(11-19(18)27-21)14-5-3-4-13(10-14)12-25/h1-11,25H,12H2,(H,23,24,26). The third-order valence-electron chi connectivity index (χ3n) is 4.17. The van der Waals surface area contributed by atoms with Crippen LogP contribution < -0.4 is 5.32 Å². The molecule has 1 heterocycles. The fourth-order valence-electron chi connectivity index (χ4n) is 2.82. The Kier molecular flexibility index (Phi) is 5.03. The van der Waals surface area contributed by atoms with E-state index >= 15 is 0 Å². The van der Waals surface area contributed by atoms with E-state index in [0.29, 0.717) is 10.7 Å². The fourth-order valence-corrected chi connectivity index (χ4v) is 4.18. The molecule has 0 aliphatic carbocycles. The van der Waals surface area contributed by atoms with Gasteiger partial charge in [-0.15, -0.1) is 0 Å². The molecule has 0 aliphatic rings. The summed E-state index contributed by atoms with van der Waals surface area (Å²) in [6.45, 7) is 0.0157. The number of carbonyl (C=O) groups excluding carboxylic acids is 1. The molecule has 4 nitrogen and oxygen atoms in total. The third-order valence-corrected chi connectivity index (χ3v) is 5.80. The van der Waals surface area contributed by atoms with Crippen molar-refractivity contribution in [2.75, 3.05) is 5.32 Å². The number of thiazole rings is 1. The van der Waals surface area contributed by atoms with Gasteiger partial charge in [0, 0.05) is 4.47 Å². The van der Waals surface area contributed by atoms with Gasteiger partial charge in [0.25, 0.3) is 5.91 Å². The minimum atomic E-state index is -0.197. The van der Waals surface area contributed by atoms with Gasteiger partial charge in [-0.1, -0.05) is 47.7 Å². The predicted octanol–water partition coefficient (Wildman–Crippen LogP) is 5.47. The highest BCUT2D eigenvalue weighted by molar-refractivity contribution is 9.10. The van der Waals surface area contributed by atoms with Crippen LogP contribution in [-0.4, -0.2) is 16.0 Å². The highest BCUT2D eigenvalue weighted by atomic mass is 79.9. The molecule has 1 amide bonds. The number of benzene rings is 3. The molecule has 0 aliphatic heterocycles. The number of hydrogen-bond acceptors (Lipinski definition) is 4. The second-order valence-electron chi connectivity index (χ2n) is 5.99. The number of carbonyl (C=O) groups is 1. The van der Waals surface area contributed by atoms with Crippen molar-refractivity contribution in [1.29, 1.82) is 0 Å². The van der Waals surface area contributed by atoms with Crippen LogP contribution in [0.4, 0.5) is 5.13 Å². The third kappa shape index (κ3) is 3.78. The zero-order chi connectivity index (χ0) is 18.8. The molecule has 0 fully saturated rings. The Labute approximate surface area is 168 Å². The van der Waals surface area contributed by atoms with Crippen molar-refractivity contribution in [2.45, 2.75) is 6.61 Å². The smallest absolute Gasteiger partial charge is 0.258 e. The largest absolute Gasteiger partial charge is 0.392 e. The fraction of sp³-hybridized carbons (Fsp3) is 0.0476. The van der Waals surface area contributed by atoms with Crippen LogP contribution in [0, 0.1) is 0 Å². The van der Waals surface area contributed by atoms with E-state index in [0.717, 1.165) is 31.4 Å². The highest BCUT2D eigenvalue weighted by Gasteiger charge is 2.13. The van der Waals surface area contributed by atoms with E-state index in [1.807, 2.05) is 54.6 Å². The Balaban J connectivity index is 1.63. The lowest BCUT2D eigenvalue weighted by atomic mass is 10.0. The molecule has 6 heteroatoms. The Hall–Kier alpha value is -2.54. The van der Waals surface area contributed by atoms with Crippen molar-refractivity contribution in [1.82, 2.24) is 4.98 Å². The quantitative estimate of drug-likeness (QED) is 0.443. The average molecular weight is 439 g/mol. The van der Waals surface area contributed by atoms with E-state index in [1.165, 1.54) is 11.3 Å². The van der Waals surface area contributed by atoms with Crippen LogP contribution in [0.5, 0.6) is 0 Å². The Morgan fingerprint density at radius 3 is 2.67 bits per heavy atom. The summed E-state index contributed by atoms with van der Waals surface area (Å²) in [5.74, 6) is -0.197. The molecule has 3 aromatic carbocycles. The lowest BCUT2D eigenvalue weighted by molar-refractivity contribution is 0.102. The summed E-state index contributed by atoms with van der Waals surface area (Å²) in [4.78, 5) is 17.0. The van der Waals surface area contributed by atoms with E-state index in [-0.39, 0.29) is 12.5 Å². The lowest BCUT2D eigenvalue weighted by Crippen LogP contribution is -2.12. The Morgan fingerprint density at radius 2 is 1.85 bits per heavy atom. The van der Waals surface area contributed by atoms with Crippen LogP contribution in [-0.2, 0) is 6.61 Å². The number of amides is 1. The van der Waals surface area contributed by atoms with Crippen molar-refractivity contribution in [3.8, 4) is 11.1 Å². The molecule has 134 valence electrons. The topological polar surface area (TPSA) is 62.2 Å². The van der Waals surface area contributed by atoms with Crippen molar-refractivity contribution < 1.29 is 9.90 Å². The van der Waals surface area contributed by atoms with Crippen molar-refractivity contribution >= 4 is 48.5 Å². The highest BCUT2D eigenvalue weighted by Crippen LogP contribution is 2.31. The maximum absolute atomic E-state index is 12.5. The molecule has 0 spiro atoms. The summed E-state index contributed by atoms with van der Waals surface area (Å²) in [5.41, 5.74) is 4.36. The number of halogens is 1. The summed E-state index contributed by atoms with van der Waals surface area (Å²) in [7, 11) is 0. The number of aliphatic hydroxyl groups excluding tert-OH is 1. The molecule has 0 unspecified atom stereocenters. The molecule has 27 heavy (non-hydrogen) atoms. The first-order valence-corrected chi connectivity index (χ1v) is 9.91. The van der Waals surface area contributed by atoms with Gasteiger partial charge in [0.05, 0.1) is 22.4 Å². The minimum absolute atomic E-state index is 0.0157. The number of nitrogens with zero attached hydrogens (tertiary/aromatic N) is 1. The molecular formula is C21H15BrN2O2S. The van der Waals surface area contributed by atoms with Gasteiger partial charge in [0.15, 0.2) is 5.13 Å². The van der Waals surface area contributed by atoms with Crippen LogP contribution in [0.3, 0.4) is 0 Å². The number of fused-ring (bicyclic) bond motifs is 1. The molecule has 0 atom stereocenters. The van der Waals surface area contributed by atoms with E-state index in [4.69, 9.17) is 0 Å². The molecule has 0 saturated heterocycles. The van der Waals surface area contributed by atoms with Crippen molar-refractivity contribution in [3.05, 3.63) is 82.3 Å². The van der Waals surface area contributed by atoms with Crippen LogP contribution >= 0.6 is 27.3 Å². The summed E-state index contributed by atoms with van der Waals surface area (Å²) in [5, 5.41) is 12.8. The molecule has 4 aromatic rings. The molecular weight excluding hydrogens is 424 g/mol. The van der Waals surface area contributed by atoms with Gasteiger partial charge < -0.3 is 5.11 Å². The summed E-state index contributed by atoms with van der Waals surface area (Å²) >= 11 is 4.83. The van der Waals surface area contributed by atoms with Crippen molar-refractivity contribution in [3.63, 3.8) is 0 Å². The van der Waals surface area contributed by atoms with Gasteiger partial charge in [-0.05, 0) is 63.0 Å². The molecule has 4 rings (SSSR count). The Morgan fingerprint density at radius 1 is 1.04 bits per heavy atom. The van der Waals surface area contributed by atoms with Gasteiger partial charge in [-0.2, -0.15) is 0 Å². The predicted molar refractivity (Wildman–Crippen MR) is 113 cm³/mol. The van der Waals surface area contributed by atoms with Crippen LogP contribution in [0.1, 0.15) is 15.9 Å². The summed E-state index contributed by atoms with van der Waals surface area (Å²) in [6.07, 6.45) is 0. The number of hydrogen-bond donors (Lipinski definition) is 2. The van der Waals surface area contributed by atoms with Crippen LogP contribution in [0.25, 0.3) is 21.3 Å². The monoisotopic (exact) mass is 438 g/mol. The van der Waals surface area contributed by atoms with Crippen LogP contribution in [0.15, 0.2) is 71.2 Å². The zero-order valence-electron chi connectivity index (χ0n) is 14.1. The second-order valence-corrected chi connectivity index (χ2v) is 7.88. The zero-order valence-corrected chi connectivity index (χ0v) is 16.5. The van der Waals surface area contributed by atoms with Gasteiger partial charge in [-0.25, -0.2) is 4.98 Å². The van der Waals surface area contributed by atoms with E-state index in [9.17, 15) is 9.90 Å². The number of aliphatic hydroxyl groups is 1. The molecule has 0 radical (unpaired) electrons. The molecule has 1 aromatic heterocycles. The maximum Gasteiger partial charge on any atom is 0.258 e. The second kappa shape index (κ2) is 7.60. The SMILES string of the molecule is O=C(Nc1nc2ccc(-c3cccc(CO)c3)cc2s1)c1ccccc1Br. The molecule has 0 bridgehead atoms. The first-order valence-electron chi connectivity index (χ1n) is 8.31. The van der Waals surface area contributed by atoms with E-state index in [2.05, 4.69) is 32.3 Å². The van der Waals surface area contributed by atoms with Gasteiger partial charge in [-0.3, -0.25) is 10.1 Å². The van der Waals surface area contributed by atoms with Crippen LogP contribution in [0.2, 0.25) is 0 Å². The number of rotatable bonds is 4. The molecule has 2 N–H and O–H groups in total. The van der Waals surface area contributed by atoms with E-state index < -0.39 is 0 Å². The van der Waals surface area contributed by atoms with E-state index in [1.54, 1.807) is 6.07 Å². The Bertz CT molecular complexity index is 1140. The van der Waals surface area contributed by atoms with Gasteiger partial charge >= 0.3 is 0 Å². The first kappa shape index (κ1) is 17.9. The lowest BCUT2D eigenvalue weighted by Gasteiger charge is -2.03.